The average molecular weight is 372 g/mol. The Balaban J connectivity index is 1.77. The van der Waals surface area contributed by atoms with Crippen LogP contribution in [0.15, 0.2) is 48.3 Å². The van der Waals surface area contributed by atoms with Gasteiger partial charge in [0.15, 0.2) is 0 Å². The monoisotopic (exact) mass is 372 g/mol. The van der Waals surface area contributed by atoms with Crippen molar-refractivity contribution in [3.8, 4) is 5.75 Å². The Hall–Kier alpha value is -2.40. The maximum absolute atomic E-state index is 11.9. The molecule has 0 aliphatic heterocycles. The van der Waals surface area contributed by atoms with Crippen LogP contribution in [0.5, 0.6) is 5.75 Å². The Morgan fingerprint density at radius 1 is 1.15 bits per heavy atom. The van der Waals surface area contributed by atoms with E-state index in [4.69, 9.17) is 9.47 Å². The van der Waals surface area contributed by atoms with Gasteiger partial charge >= 0.3 is 0 Å². The second-order valence-corrected chi connectivity index (χ2v) is 6.97. The number of carbonyl (C=O) groups excluding carboxylic acids is 2. The number of Topliss-reactive ketones (excluding diaryl/α,β-unsaturated/α-hetero) is 2. The highest BCUT2D eigenvalue weighted by molar-refractivity contribution is 5.84. The zero-order valence-electron chi connectivity index (χ0n) is 16.2. The summed E-state index contributed by atoms with van der Waals surface area (Å²) in [6.07, 6.45) is 6.67. The quantitative estimate of drug-likeness (QED) is 0.637. The summed E-state index contributed by atoms with van der Waals surface area (Å²) in [6, 6.07) is 7.66. The molecule has 0 saturated heterocycles. The third-order valence-corrected chi connectivity index (χ3v) is 4.52. The van der Waals surface area contributed by atoms with Crippen molar-refractivity contribution in [2.75, 3.05) is 13.2 Å². The molecule has 0 heterocycles. The summed E-state index contributed by atoms with van der Waals surface area (Å²) in [5.74, 6) is 0.916. The van der Waals surface area contributed by atoms with Crippen LogP contribution in [0.4, 0.5) is 0 Å². The number of aliphatic hydroxyl groups is 1. The van der Waals surface area contributed by atoms with Crippen LogP contribution < -0.4 is 4.74 Å². The van der Waals surface area contributed by atoms with Gasteiger partial charge in [-0.1, -0.05) is 25.1 Å². The predicted octanol–water partition coefficient (Wildman–Crippen LogP) is 3.40. The minimum absolute atomic E-state index is 0.00151. The molecule has 1 aliphatic carbocycles. The maximum atomic E-state index is 11.9. The summed E-state index contributed by atoms with van der Waals surface area (Å²) in [5.41, 5.74) is -0.141. The van der Waals surface area contributed by atoms with Crippen molar-refractivity contribution in [2.24, 2.45) is 5.92 Å². The van der Waals surface area contributed by atoms with Crippen molar-refractivity contribution < 1.29 is 24.2 Å². The second-order valence-electron chi connectivity index (χ2n) is 6.97. The van der Waals surface area contributed by atoms with E-state index in [9.17, 15) is 14.7 Å². The zero-order chi connectivity index (χ0) is 19.9. The van der Waals surface area contributed by atoms with Gasteiger partial charge in [-0.3, -0.25) is 4.79 Å². The van der Waals surface area contributed by atoms with Gasteiger partial charge in [0.25, 0.3) is 0 Å². The van der Waals surface area contributed by atoms with Gasteiger partial charge in [0.05, 0.1) is 11.5 Å². The summed E-state index contributed by atoms with van der Waals surface area (Å²) in [5, 5.41) is 10.5. The van der Waals surface area contributed by atoms with Crippen LogP contribution in [0.3, 0.4) is 0 Å². The molecule has 2 atom stereocenters. The molecular weight excluding hydrogens is 344 g/mol. The van der Waals surface area contributed by atoms with Crippen LogP contribution in [-0.2, 0) is 20.7 Å². The highest BCUT2D eigenvalue weighted by Crippen LogP contribution is 2.29. The van der Waals surface area contributed by atoms with Gasteiger partial charge in [-0.25, -0.2) is 0 Å². The third-order valence-electron chi connectivity index (χ3n) is 4.52. The van der Waals surface area contributed by atoms with E-state index >= 15 is 0 Å². The molecule has 2 unspecified atom stereocenters. The Morgan fingerprint density at radius 2 is 1.81 bits per heavy atom. The number of ether oxygens (including phenoxy) is 2. The summed E-state index contributed by atoms with van der Waals surface area (Å²) in [7, 11) is 0. The number of benzene rings is 1. The summed E-state index contributed by atoms with van der Waals surface area (Å²) in [4.78, 5) is 22.9. The summed E-state index contributed by atoms with van der Waals surface area (Å²) in [6.45, 7) is 5.68. The van der Waals surface area contributed by atoms with E-state index in [1.807, 2.05) is 24.3 Å². The summed E-state index contributed by atoms with van der Waals surface area (Å²) >= 11 is 0. The lowest BCUT2D eigenvalue weighted by atomic mass is 9.81. The predicted molar refractivity (Wildman–Crippen MR) is 104 cm³/mol. The molecule has 2 rings (SSSR count). The molecule has 1 aliphatic rings. The fourth-order valence-corrected chi connectivity index (χ4v) is 2.95. The van der Waals surface area contributed by atoms with Crippen LogP contribution in [0.25, 0.3) is 0 Å². The smallest absolute Gasteiger partial charge is 0.142 e. The Bertz CT molecular complexity index is 713. The van der Waals surface area contributed by atoms with E-state index < -0.39 is 11.5 Å². The van der Waals surface area contributed by atoms with E-state index in [1.54, 1.807) is 39.0 Å². The normalized spacial score (nSPS) is 21.5. The van der Waals surface area contributed by atoms with Gasteiger partial charge in [-0.05, 0) is 50.1 Å². The van der Waals surface area contributed by atoms with Crippen LogP contribution >= 0.6 is 0 Å². The van der Waals surface area contributed by atoms with Gasteiger partial charge in [-0.15, -0.1) is 0 Å². The van der Waals surface area contributed by atoms with Crippen molar-refractivity contribution in [1.82, 2.24) is 0 Å². The molecule has 5 heteroatoms. The first-order valence-electron chi connectivity index (χ1n) is 9.32. The lowest BCUT2D eigenvalue weighted by Gasteiger charge is -2.30. The van der Waals surface area contributed by atoms with Crippen molar-refractivity contribution in [3.05, 3.63) is 53.8 Å². The third kappa shape index (κ3) is 6.36. The molecule has 0 spiro atoms. The van der Waals surface area contributed by atoms with Crippen LogP contribution in [0.2, 0.25) is 0 Å². The molecule has 0 bridgehead atoms. The first-order valence-corrected chi connectivity index (χ1v) is 9.32. The molecule has 1 aromatic rings. The van der Waals surface area contributed by atoms with Gasteiger partial charge in [0.2, 0.25) is 0 Å². The van der Waals surface area contributed by atoms with E-state index in [0.717, 1.165) is 17.7 Å². The number of hydrogen-bond acceptors (Lipinski definition) is 5. The van der Waals surface area contributed by atoms with Crippen molar-refractivity contribution in [3.63, 3.8) is 0 Å². The second kappa shape index (κ2) is 9.51. The minimum atomic E-state index is -1.24. The molecule has 0 radical (unpaired) electrons. The Morgan fingerprint density at radius 3 is 2.41 bits per heavy atom. The average Bonchev–Trinajstić information content (AvgIpc) is 2.63. The topological polar surface area (TPSA) is 72.8 Å². The number of aryl methyl sites for hydroxylation is 1. The van der Waals surface area contributed by atoms with Gasteiger partial charge in [-0.2, -0.15) is 0 Å². The highest BCUT2D eigenvalue weighted by Gasteiger charge is 2.35. The fourth-order valence-electron chi connectivity index (χ4n) is 2.95. The number of ketones is 2. The molecule has 0 fully saturated rings. The highest BCUT2D eigenvalue weighted by atomic mass is 16.5. The number of rotatable bonds is 10. The lowest BCUT2D eigenvalue weighted by molar-refractivity contribution is -0.126. The molecule has 1 aromatic carbocycles. The van der Waals surface area contributed by atoms with E-state index in [2.05, 4.69) is 0 Å². The molecule has 0 amide bonds. The number of allylic oxidation sites excluding steroid dienone is 1. The minimum Gasteiger partial charge on any atom is -0.490 e. The standard InChI is InChI=1S/C22H28O5/c1-4-21(24)20-12-11-19(15-22(20,3)25)27-14-13-26-18-9-7-17(8-10-18)6-5-16(2)23/h7-12,15,20,25H,4-6,13-14H2,1-3H3. The van der Waals surface area contributed by atoms with Crippen molar-refractivity contribution >= 4 is 11.6 Å². The largest absolute Gasteiger partial charge is 0.490 e. The van der Waals surface area contributed by atoms with Gasteiger partial charge in [0, 0.05) is 12.8 Å². The van der Waals surface area contributed by atoms with Crippen molar-refractivity contribution in [1.29, 1.82) is 0 Å². The number of carbonyl (C=O) groups is 2. The van der Waals surface area contributed by atoms with Crippen LogP contribution in [-0.4, -0.2) is 35.5 Å². The van der Waals surface area contributed by atoms with Crippen LogP contribution in [0.1, 0.15) is 39.2 Å². The fraction of sp³-hybridized carbons (Fsp3) is 0.455. The summed E-state index contributed by atoms with van der Waals surface area (Å²) < 4.78 is 11.3. The lowest BCUT2D eigenvalue weighted by Crippen LogP contribution is -2.38. The Kier molecular flexibility index (Phi) is 7.36. The van der Waals surface area contributed by atoms with Crippen LogP contribution in [0, 0.1) is 5.92 Å². The van der Waals surface area contributed by atoms with E-state index in [0.29, 0.717) is 31.8 Å². The molecule has 146 valence electrons. The SMILES string of the molecule is CCC(=O)C1C=CC(OCCOc2ccc(CCC(C)=O)cc2)=CC1(C)O. The number of hydrogen-bond donors (Lipinski definition) is 1. The first-order chi connectivity index (χ1) is 12.8. The van der Waals surface area contributed by atoms with E-state index in [1.165, 1.54) is 0 Å². The molecule has 1 N–H and O–H groups in total. The van der Waals surface area contributed by atoms with E-state index in [-0.39, 0.29) is 11.6 Å². The maximum Gasteiger partial charge on any atom is 0.142 e. The zero-order valence-corrected chi connectivity index (χ0v) is 16.2. The first kappa shape index (κ1) is 20.9. The molecule has 0 aromatic heterocycles. The molecule has 27 heavy (non-hydrogen) atoms. The molecular formula is C22H28O5. The molecule has 5 nitrogen and oxygen atoms in total. The Labute approximate surface area is 160 Å². The van der Waals surface area contributed by atoms with Gasteiger partial charge in [0.1, 0.15) is 36.3 Å². The van der Waals surface area contributed by atoms with Gasteiger partial charge < -0.3 is 19.4 Å². The molecule has 0 saturated carbocycles. The van der Waals surface area contributed by atoms with Crippen molar-refractivity contribution in [2.45, 2.75) is 45.6 Å².